The summed E-state index contributed by atoms with van der Waals surface area (Å²) in [7, 11) is 0. The molecule has 0 aliphatic carbocycles. The number of ketones is 1. The number of carbonyl (C=O) groups excluding carboxylic acids is 2. The number of carbonyl (C=O) groups is 2. The number of hydrogen-bond donors (Lipinski definition) is 0. The number of unbranched alkanes of at least 4 members (excludes halogenated alkanes) is 2. The molecule has 7 heteroatoms. The van der Waals surface area contributed by atoms with E-state index in [1.54, 1.807) is 48.5 Å². The third-order valence-electron chi connectivity index (χ3n) is 4.96. The molecule has 174 valence electrons. The molecule has 0 aromatic heterocycles. The lowest BCUT2D eigenvalue weighted by Gasteiger charge is -2.07. The Morgan fingerprint density at radius 2 is 1.59 bits per heavy atom. The quantitative estimate of drug-likeness (QED) is 0.0637. The Hall–Kier alpha value is -4.26. The third kappa shape index (κ3) is 7.13. The van der Waals surface area contributed by atoms with Crippen molar-refractivity contribution < 1.29 is 24.0 Å². The predicted molar refractivity (Wildman–Crippen MR) is 129 cm³/mol. The van der Waals surface area contributed by atoms with Gasteiger partial charge in [0, 0.05) is 17.7 Å². The standard InChI is InChI=1S/C27H25NO6/c1-2-3-4-18-33-24-13-11-22(12-14-24)27(30)34-25-15-9-21(10-16-25)26(29)17-8-20-6-5-7-23(19-20)28(31)32/h5-17,19H,2-4,18H2,1H3/b17-8+. The maximum Gasteiger partial charge on any atom is 0.343 e. The Morgan fingerprint density at radius 1 is 0.912 bits per heavy atom. The summed E-state index contributed by atoms with van der Waals surface area (Å²) in [5.41, 5.74) is 1.28. The number of ether oxygens (including phenoxy) is 2. The minimum absolute atomic E-state index is 0.0464. The van der Waals surface area contributed by atoms with Crippen LogP contribution >= 0.6 is 0 Å². The van der Waals surface area contributed by atoms with E-state index in [-0.39, 0.29) is 11.5 Å². The summed E-state index contributed by atoms with van der Waals surface area (Å²) >= 11 is 0. The fraction of sp³-hybridized carbons (Fsp3) is 0.185. The molecular weight excluding hydrogens is 434 g/mol. The van der Waals surface area contributed by atoms with Gasteiger partial charge >= 0.3 is 5.97 Å². The Morgan fingerprint density at radius 3 is 2.26 bits per heavy atom. The molecule has 0 aliphatic heterocycles. The number of non-ortho nitro benzene ring substituents is 1. The van der Waals surface area contributed by atoms with Crippen LogP contribution in [0.5, 0.6) is 11.5 Å². The van der Waals surface area contributed by atoms with Crippen LogP contribution in [0, 0.1) is 10.1 Å². The van der Waals surface area contributed by atoms with Gasteiger partial charge < -0.3 is 9.47 Å². The molecule has 0 N–H and O–H groups in total. The van der Waals surface area contributed by atoms with Crippen LogP contribution in [-0.4, -0.2) is 23.3 Å². The summed E-state index contributed by atoms with van der Waals surface area (Å²) in [6, 6.07) is 18.9. The van der Waals surface area contributed by atoms with E-state index in [9.17, 15) is 19.7 Å². The van der Waals surface area contributed by atoms with Crippen LogP contribution < -0.4 is 9.47 Å². The summed E-state index contributed by atoms with van der Waals surface area (Å²) in [4.78, 5) is 35.2. The number of hydrogen-bond acceptors (Lipinski definition) is 6. The average Bonchev–Trinajstić information content (AvgIpc) is 2.86. The highest BCUT2D eigenvalue weighted by Crippen LogP contribution is 2.18. The number of nitro groups is 1. The van der Waals surface area contributed by atoms with Gasteiger partial charge in [0.1, 0.15) is 11.5 Å². The number of esters is 1. The van der Waals surface area contributed by atoms with Crippen molar-refractivity contribution >= 4 is 23.5 Å². The maximum absolute atomic E-state index is 12.4. The zero-order valence-electron chi connectivity index (χ0n) is 18.8. The SMILES string of the molecule is CCCCCOc1ccc(C(=O)Oc2ccc(C(=O)/C=C/c3cccc([N+](=O)[O-])c3)cc2)cc1. The van der Waals surface area contributed by atoms with Gasteiger partial charge in [-0.15, -0.1) is 0 Å². The van der Waals surface area contributed by atoms with Gasteiger partial charge in [0.2, 0.25) is 0 Å². The highest BCUT2D eigenvalue weighted by Gasteiger charge is 2.10. The molecule has 7 nitrogen and oxygen atoms in total. The average molecular weight is 459 g/mol. The Labute approximate surface area is 197 Å². The molecule has 0 radical (unpaired) electrons. The number of rotatable bonds is 11. The van der Waals surface area contributed by atoms with Gasteiger partial charge in [-0.25, -0.2) is 4.79 Å². The van der Waals surface area contributed by atoms with E-state index in [2.05, 4.69) is 6.92 Å². The molecule has 3 aromatic carbocycles. The van der Waals surface area contributed by atoms with Crippen LogP contribution in [0.25, 0.3) is 6.08 Å². The molecule has 0 fully saturated rings. The van der Waals surface area contributed by atoms with Crippen molar-refractivity contribution in [2.24, 2.45) is 0 Å². The molecular formula is C27H25NO6. The summed E-state index contributed by atoms with van der Waals surface area (Å²) in [5.74, 6) is 0.221. The van der Waals surface area contributed by atoms with E-state index in [1.165, 1.54) is 36.4 Å². The molecule has 0 amide bonds. The second-order valence-electron chi connectivity index (χ2n) is 7.54. The first-order chi connectivity index (χ1) is 16.5. The molecule has 0 heterocycles. The lowest BCUT2D eigenvalue weighted by molar-refractivity contribution is -0.384. The van der Waals surface area contributed by atoms with E-state index in [1.807, 2.05) is 0 Å². The predicted octanol–water partition coefficient (Wildman–Crippen LogP) is 6.28. The van der Waals surface area contributed by atoms with Gasteiger partial charge in [0.15, 0.2) is 5.78 Å². The molecule has 34 heavy (non-hydrogen) atoms. The van der Waals surface area contributed by atoms with Crippen LogP contribution in [0.15, 0.2) is 78.9 Å². The monoisotopic (exact) mass is 459 g/mol. The van der Waals surface area contributed by atoms with Crippen LogP contribution in [0.3, 0.4) is 0 Å². The highest BCUT2D eigenvalue weighted by atomic mass is 16.6. The van der Waals surface area contributed by atoms with E-state index >= 15 is 0 Å². The van der Waals surface area contributed by atoms with Crippen LogP contribution in [0.1, 0.15) is 52.5 Å². The van der Waals surface area contributed by atoms with Crippen LogP contribution in [-0.2, 0) is 0 Å². The number of allylic oxidation sites excluding steroid dienone is 1. The molecule has 0 saturated carbocycles. The normalized spacial score (nSPS) is 10.7. The summed E-state index contributed by atoms with van der Waals surface area (Å²) in [6.07, 6.45) is 6.08. The van der Waals surface area contributed by atoms with Crippen molar-refractivity contribution in [2.75, 3.05) is 6.61 Å². The van der Waals surface area contributed by atoms with Crippen molar-refractivity contribution in [3.05, 3.63) is 106 Å². The van der Waals surface area contributed by atoms with Gasteiger partial charge in [-0.3, -0.25) is 14.9 Å². The molecule has 3 rings (SSSR count). The van der Waals surface area contributed by atoms with E-state index in [0.717, 1.165) is 19.3 Å². The van der Waals surface area contributed by atoms with Crippen molar-refractivity contribution in [1.82, 2.24) is 0 Å². The first-order valence-electron chi connectivity index (χ1n) is 11.0. The van der Waals surface area contributed by atoms with Gasteiger partial charge in [-0.05, 0) is 66.6 Å². The first-order valence-corrected chi connectivity index (χ1v) is 11.0. The summed E-state index contributed by atoms with van der Waals surface area (Å²) < 4.78 is 11.0. The van der Waals surface area contributed by atoms with Crippen LogP contribution in [0.4, 0.5) is 5.69 Å². The number of nitrogens with zero attached hydrogens (tertiary/aromatic N) is 1. The van der Waals surface area contributed by atoms with Crippen molar-refractivity contribution in [1.29, 1.82) is 0 Å². The van der Waals surface area contributed by atoms with Crippen molar-refractivity contribution in [2.45, 2.75) is 26.2 Å². The molecule has 0 aliphatic rings. The Bertz CT molecular complexity index is 1170. The molecule has 0 spiro atoms. The molecule has 0 unspecified atom stereocenters. The third-order valence-corrected chi connectivity index (χ3v) is 4.96. The minimum Gasteiger partial charge on any atom is -0.494 e. The summed E-state index contributed by atoms with van der Waals surface area (Å²) in [6.45, 7) is 2.77. The zero-order valence-corrected chi connectivity index (χ0v) is 18.8. The highest BCUT2D eigenvalue weighted by molar-refractivity contribution is 6.06. The number of benzene rings is 3. The maximum atomic E-state index is 12.4. The minimum atomic E-state index is -0.512. The van der Waals surface area contributed by atoms with Crippen LogP contribution in [0.2, 0.25) is 0 Å². The Balaban J connectivity index is 1.55. The molecule has 0 atom stereocenters. The van der Waals surface area contributed by atoms with Gasteiger partial charge in [-0.1, -0.05) is 38.0 Å². The molecule has 0 saturated heterocycles. The first kappa shape index (κ1) is 24.4. The molecule has 3 aromatic rings. The topological polar surface area (TPSA) is 95.7 Å². The summed E-state index contributed by atoms with van der Waals surface area (Å²) in [5, 5.41) is 10.9. The number of nitro benzene ring substituents is 1. The molecule has 0 bridgehead atoms. The van der Waals surface area contributed by atoms with E-state index in [0.29, 0.717) is 34.8 Å². The Kier molecular flexibility index (Phi) is 8.68. The largest absolute Gasteiger partial charge is 0.494 e. The second kappa shape index (κ2) is 12.1. The lowest BCUT2D eigenvalue weighted by Crippen LogP contribution is -2.08. The van der Waals surface area contributed by atoms with Gasteiger partial charge in [0.25, 0.3) is 5.69 Å². The van der Waals surface area contributed by atoms with Gasteiger partial charge in [0.05, 0.1) is 17.1 Å². The smallest absolute Gasteiger partial charge is 0.343 e. The lowest BCUT2D eigenvalue weighted by atomic mass is 10.1. The van der Waals surface area contributed by atoms with E-state index < -0.39 is 10.9 Å². The zero-order chi connectivity index (χ0) is 24.3. The van der Waals surface area contributed by atoms with Crippen molar-refractivity contribution in [3.8, 4) is 11.5 Å². The second-order valence-corrected chi connectivity index (χ2v) is 7.54. The van der Waals surface area contributed by atoms with E-state index in [4.69, 9.17) is 9.47 Å². The van der Waals surface area contributed by atoms with Crippen molar-refractivity contribution in [3.63, 3.8) is 0 Å². The van der Waals surface area contributed by atoms with Gasteiger partial charge in [-0.2, -0.15) is 0 Å². The fourth-order valence-corrected chi connectivity index (χ4v) is 3.09. The fourth-order valence-electron chi connectivity index (χ4n) is 3.09.